The number of methoxy groups -OCH3 is 2. The smallest absolute Gasteiger partial charge is 0.272 e. The van der Waals surface area contributed by atoms with E-state index in [-0.39, 0.29) is 24.0 Å². The van der Waals surface area contributed by atoms with E-state index >= 15 is 0 Å². The quantitative estimate of drug-likeness (QED) is 0.656. The molecule has 3 N–H and O–H groups in total. The molecule has 2 aromatic heterocycles. The van der Waals surface area contributed by atoms with Crippen molar-refractivity contribution in [2.24, 2.45) is 7.05 Å². The molecule has 0 saturated carbocycles. The molecular formula is C20H20N4O4. The first-order valence-electron chi connectivity index (χ1n) is 8.40. The van der Waals surface area contributed by atoms with Gasteiger partial charge in [-0.3, -0.25) is 4.79 Å². The van der Waals surface area contributed by atoms with E-state index < -0.39 is 0 Å². The van der Waals surface area contributed by atoms with Crippen LogP contribution in [0, 0.1) is 11.8 Å². The Morgan fingerprint density at radius 2 is 2.04 bits per heavy atom. The molecule has 0 aliphatic rings. The summed E-state index contributed by atoms with van der Waals surface area (Å²) in [5.74, 6) is 7.87. The van der Waals surface area contributed by atoms with Crippen LogP contribution >= 0.6 is 0 Å². The summed E-state index contributed by atoms with van der Waals surface area (Å²) < 4.78 is 17.2. The summed E-state index contributed by atoms with van der Waals surface area (Å²) in [6.07, 6.45) is 1.54. The van der Waals surface area contributed by atoms with Crippen molar-refractivity contribution >= 4 is 11.7 Å². The molecule has 8 nitrogen and oxygen atoms in total. The summed E-state index contributed by atoms with van der Waals surface area (Å²) in [6.45, 7) is 0.253. The Labute approximate surface area is 162 Å². The fourth-order valence-corrected chi connectivity index (χ4v) is 2.61. The van der Waals surface area contributed by atoms with Gasteiger partial charge in [-0.2, -0.15) is 0 Å². The number of nitrogens with two attached hydrogens (primary N) is 1. The lowest BCUT2D eigenvalue weighted by molar-refractivity contribution is 0.0940. The summed E-state index contributed by atoms with van der Waals surface area (Å²) in [5.41, 5.74) is 6.87. The Morgan fingerprint density at radius 1 is 1.25 bits per heavy atom. The SMILES string of the molecule is COc1ccc(C#Cc2nc(N)c(C(=O)NCc3ccco3)n2C)cc1OC. The highest BCUT2D eigenvalue weighted by Crippen LogP contribution is 2.27. The maximum atomic E-state index is 12.5. The van der Waals surface area contributed by atoms with Crippen LogP contribution in [0.15, 0.2) is 41.0 Å². The standard InChI is InChI=1S/C20H20N4O4/c1-24-17(9-7-13-6-8-15(26-2)16(11-13)27-3)23-19(21)18(24)20(25)22-12-14-5-4-10-28-14/h4-6,8,10-11H,12,21H2,1-3H3,(H,22,25). The molecule has 0 saturated heterocycles. The molecule has 0 fully saturated rings. The minimum absolute atomic E-state index is 0.107. The van der Waals surface area contributed by atoms with Gasteiger partial charge in [-0.05, 0) is 36.3 Å². The largest absolute Gasteiger partial charge is 0.493 e. The third kappa shape index (κ3) is 3.94. The molecule has 1 aromatic carbocycles. The first kappa shape index (κ1) is 18.9. The Hall–Kier alpha value is -3.86. The molecule has 0 radical (unpaired) electrons. The van der Waals surface area contributed by atoms with Gasteiger partial charge in [0.25, 0.3) is 5.91 Å². The summed E-state index contributed by atoms with van der Waals surface area (Å²) in [4.78, 5) is 16.6. The Balaban J connectivity index is 1.81. The molecule has 0 atom stereocenters. The van der Waals surface area contributed by atoms with E-state index in [1.165, 1.54) is 0 Å². The van der Waals surface area contributed by atoms with Crippen molar-refractivity contribution in [1.82, 2.24) is 14.9 Å². The van der Waals surface area contributed by atoms with Crippen LogP contribution in [-0.2, 0) is 13.6 Å². The van der Waals surface area contributed by atoms with Gasteiger partial charge in [0.1, 0.15) is 5.76 Å². The van der Waals surface area contributed by atoms with Crippen molar-refractivity contribution in [3.8, 4) is 23.3 Å². The number of hydrogen-bond acceptors (Lipinski definition) is 6. The van der Waals surface area contributed by atoms with Gasteiger partial charge in [-0.1, -0.05) is 5.92 Å². The fraction of sp³-hybridized carbons (Fsp3) is 0.200. The van der Waals surface area contributed by atoms with Gasteiger partial charge in [0, 0.05) is 12.6 Å². The van der Waals surface area contributed by atoms with Gasteiger partial charge in [0.15, 0.2) is 28.8 Å². The Bertz CT molecular complexity index is 1040. The highest BCUT2D eigenvalue weighted by atomic mass is 16.5. The predicted molar refractivity (Wildman–Crippen MR) is 103 cm³/mol. The number of aromatic nitrogens is 2. The number of hydrogen-bond donors (Lipinski definition) is 2. The number of nitrogen functional groups attached to an aromatic ring is 1. The van der Waals surface area contributed by atoms with Crippen molar-refractivity contribution in [1.29, 1.82) is 0 Å². The van der Waals surface area contributed by atoms with Crippen molar-refractivity contribution in [3.63, 3.8) is 0 Å². The molecule has 0 spiro atoms. The number of benzene rings is 1. The van der Waals surface area contributed by atoms with Crippen molar-refractivity contribution in [3.05, 3.63) is 59.4 Å². The molecule has 3 rings (SSSR count). The molecule has 0 bridgehead atoms. The van der Waals surface area contributed by atoms with Crippen LogP contribution < -0.4 is 20.5 Å². The average Bonchev–Trinajstić information content (AvgIpc) is 3.32. The second kappa shape index (κ2) is 8.22. The van der Waals surface area contributed by atoms with Gasteiger partial charge in [-0.15, -0.1) is 0 Å². The molecule has 144 valence electrons. The molecule has 0 unspecified atom stereocenters. The predicted octanol–water partition coefficient (Wildman–Crippen LogP) is 1.94. The van der Waals surface area contributed by atoms with E-state index in [2.05, 4.69) is 22.1 Å². The van der Waals surface area contributed by atoms with Crippen molar-refractivity contribution in [2.75, 3.05) is 20.0 Å². The summed E-state index contributed by atoms with van der Waals surface area (Å²) in [5, 5.41) is 2.75. The number of nitrogens with zero attached hydrogens (tertiary/aromatic N) is 2. The highest BCUT2D eigenvalue weighted by Gasteiger charge is 2.18. The second-order valence-electron chi connectivity index (χ2n) is 5.81. The molecule has 8 heteroatoms. The van der Waals surface area contributed by atoms with E-state index in [0.29, 0.717) is 28.6 Å². The van der Waals surface area contributed by atoms with Crippen molar-refractivity contribution in [2.45, 2.75) is 6.54 Å². The van der Waals surface area contributed by atoms with Crippen LogP contribution in [0.2, 0.25) is 0 Å². The number of nitrogens with one attached hydrogen (secondary N) is 1. The molecule has 3 aromatic rings. The summed E-state index contributed by atoms with van der Waals surface area (Å²) in [6, 6.07) is 8.85. The van der Waals surface area contributed by atoms with Gasteiger partial charge in [0.2, 0.25) is 0 Å². The number of imidazole rings is 1. The molecule has 28 heavy (non-hydrogen) atoms. The number of anilines is 1. The lowest BCUT2D eigenvalue weighted by Crippen LogP contribution is -2.25. The van der Waals surface area contributed by atoms with Gasteiger partial charge in [0.05, 0.1) is 27.0 Å². The van der Waals surface area contributed by atoms with Crippen LogP contribution in [0.1, 0.15) is 27.6 Å². The Morgan fingerprint density at radius 3 is 2.71 bits per heavy atom. The van der Waals surface area contributed by atoms with Crippen molar-refractivity contribution < 1.29 is 18.7 Å². The maximum absolute atomic E-state index is 12.5. The normalized spacial score (nSPS) is 10.1. The Kier molecular flexibility index (Phi) is 5.56. The van der Waals surface area contributed by atoms with Gasteiger partial charge < -0.3 is 29.5 Å². The first-order valence-corrected chi connectivity index (χ1v) is 8.40. The summed E-state index contributed by atoms with van der Waals surface area (Å²) >= 11 is 0. The minimum atomic E-state index is -0.358. The number of furan rings is 1. The third-order valence-electron chi connectivity index (χ3n) is 4.04. The lowest BCUT2D eigenvalue weighted by Gasteiger charge is -2.06. The van der Waals surface area contributed by atoms with Gasteiger partial charge in [-0.25, -0.2) is 4.98 Å². The molecule has 1 amide bonds. The van der Waals surface area contributed by atoms with Crippen LogP contribution in [0.25, 0.3) is 0 Å². The molecule has 2 heterocycles. The van der Waals surface area contributed by atoms with Crippen LogP contribution in [0.5, 0.6) is 11.5 Å². The van der Waals surface area contributed by atoms with E-state index in [9.17, 15) is 4.79 Å². The maximum Gasteiger partial charge on any atom is 0.272 e. The van der Waals surface area contributed by atoms with E-state index in [1.807, 2.05) is 0 Å². The number of rotatable bonds is 5. The monoisotopic (exact) mass is 380 g/mol. The van der Waals surface area contributed by atoms with Crippen LogP contribution in [-0.4, -0.2) is 29.7 Å². The highest BCUT2D eigenvalue weighted by molar-refractivity contribution is 5.97. The van der Waals surface area contributed by atoms with Crippen LogP contribution in [0.3, 0.4) is 0 Å². The minimum Gasteiger partial charge on any atom is -0.493 e. The lowest BCUT2D eigenvalue weighted by atomic mass is 10.2. The fourth-order valence-electron chi connectivity index (χ4n) is 2.61. The zero-order chi connectivity index (χ0) is 20.1. The molecule has 0 aliphatic carbocycles. The summed E-state index contributed by atoms with van der Waals surface area (Å²) in [7, 11) is 4.81. The number of carbonyl (C=O) groups excluding carboxylic acids is 1. The topological polar surface area (TPSA) is 105 Å². The zero-order valence-electron chi connectivity index (χ0n) is 15.8. The zero-order valence-corrected chi connectivity index (χ0v) is 15.8. The van der Waals surface area contributed by atoms with E-state index in [0.717, 1.165) is 0 Å². The number of amides is 1. The number of ether oxygens (including phenoxy) is 2. The third-order valence-corrected chi connectivity index (χ3v) is 4.04. The van der Waals surface area contributed by atoms with Gasteiger partial charge >= 0.3 is 0 Å². The first-order chi connectivity index (χ1) is 13.5. The van der Waals surface area contributed by atoms with E-state index in [4.69, 9.17) is 19.6 Å². The number of carbonyl (C=O) groups is 1. The van der Waals surface area contributed by atoms with E-state index in [1.54, 1.807) is 62.4 Å². The molecule has 0 aliphatic heterocycles. The molecular weight excluding hydrogens is 360 g/mol. The second-order valence-corrected chi connectivity index (χ2v) is 5.81. The van der Waals surface area contributed by atoms with Crippen LogP contribution in [0.4, 0.5) is 5.82 Å². The average molecular weight is 380 g/mol.